The molecule has 1 saturated carbocycles. The van der Waals surface area contributed by atoms with Crippen molar-refractivity contribution in [2.45, 2.75) is 38.6 Å². The summed E-state index contributed by atoms with van der Waals surface area (Å²) in [6.45, 7) is 7.15. The van der Waals surface area contributed by atoms with E-state index >= 15 is 0 Å². The lowest BCUT2D eigenvalue weighted by molar-refractivity contribution is -0.120. The molecule has 6 nitrogen and oxygen atoms in total. The molecule has 2 aliphatic heterocycles. The molecule has 0 atom stereocenters. The smallest absolute Gasteiger partial charge is 0.328 e. The van der Waals surface area contributed by atoms with Gasteiger partial charge in [-0.15, -0.1) is 0 Å². The molecule has 2 saturated heterocycles. The number of hydrogen-bond donors (Lipinski definition) is 1. The summed E-state index contributed by atoms with van der Waals surface area (Å²) in [5.41, 5.74) is 2.05. The van der Waals surface area contributed by atoms with E-state index in [-0.39, 0.29) is 11.9 Å². The molecule has 6 heteroatoms. The number of nitrogens with zero attached hydrogens (tertiary/aromatic N) is 3. The zero-order valence-corrected chi connectivity index (χ0v) is 15.5. The van der Waals surface area contributed by atoms with Crippen molar-refractivity contribution in [2.24, 2.45) is 5.92 Å². The van der Waals surface area contributed by atoms with Crippen LogP contribution in [0.25, 0.3) is 0 Å². The van der Waals surface area contributed by atoms with E-state index in [4.69, 9.17) is 0 Å². The molecule has 4 rings (SSSR count). The molecule has 140 valence electrons. The Hall–Kier alpha value is -2.08. The first-order valence-electron chi connectivity index (χ1n) is 9.84. The number of carbonyl (C=O) groups is 2. The lowest BCUT2D eigenvalue weighted by Crippen LogP contribution is -2.54. The van der Waals surface area contributed by atoms with Crippen molar-refractivity contribution in [3.8, 4) is 0 Å². The van der Waals surface area contributed by atoms with Gasteiger partial charge in [0.2, 0.25) is 5.91 Å². The quantitative estimate of drug-likeness (QED) is 0.900. The van der Waals surface area contributed by atoms with Gasteiger partial charge < -0.3 is 4.90 Å². The lowest BCUT2D eigenvalue weighted by Gasteiger charge is -2.46. The largest absolute Gasteiger partial charge is 0.369 e. The number of imide groups is 1. The highest BCUT2D eigenvalue weighted by atomic mass is 16.2. The molecule has 0 radical (unpaired) electrons. The number of piperazine rings is 1. The molecule has 0 spiro atoms. The highest BCUT2D eigenvalue weighted by Crippen LogP contribution is 2.34. The second kappa shape index (κ2) is 7.27. The molecule has 1 aromatic rings. The Morgan fingerprint density at radius 1 is 0.962 bits per heavy atom. The number of hydrogen-bond acceptors (Lipinski definition) is 4. The number of carbonyl (C=O) groups excluding carboxylic acids is 2. The van der Waals surface area contributed by atoms with Crippen LogP contribution >= 0.6 is 0 Å². The first-order chi connectivity index (χ1) is 12.6. The Morgan fingerprint density at radius 2 is 1.62 bits per heavy atom. The molecule has 1 N–H and O–H groups in total. The van der Waals surface area contributed by atoms with Crippen LogP contribution < -0.4 is 15.1 Å². The fourth-order valence-electron chi connectivity index (χ4n) is 4.33. The van der Waals surface area contributed by atoms with E-state index in [2.05, 4.69) is 34.2 Å². The van der Waals surface area contributed by atoms with Gasteiger partial charge in [-0.3, -0.25) is 19.9 Å². The minimum absolute atomic E-state index is 0.197. The summed E-state index contributed by atoms with van der Waals surface area (Å²) in [7, 11) is 0. The highest BCUT2D eigenvalue weighted by Gasteiger charge is 2.33. The van der Waals surface area contributed by atoms with Crippen molar-refractivity contribution in [1.29, 1.82) is 0 Å². The zero-order valence-electron chi connectivity index (χ0n) is 15.5. The van der Waals surface area contributed by atoms with E-state index in [0.29, 0.717) is 13.0 Å². The van der Waals surface area contributed by atoms with Crippen LogP contribution in [-0.2, 0) is 4.79 Å². The highest BCUT2D eigenvalue weighted by molar-refractivity contribution is 6.05. The molecule has 0 unspecified atom stereocenters. The Balaban J connectivity index is 1.32. The molecule has 0 aromatic heterocycles. The number of amides is 3. The molecule has 3 aliphatic rings. The number of benzene rings is 1. The van der Waals surface area contributed by atoms with Crippen molar-refractivity contribution in [3.63, 3.8) is 0 Å². The zero-order chi connectivity index (χ0) is 18.1. The fourth-order valence-corrected chi connectivity index (χ4v) is 4.33. The third-order valence-corrected chi connectivity index (χ3v) is 6.20. The standard InChI is InChI=1S/C20H28N4O2/c1-2-15-13-18(14-15)23-11-9-22(10-12-23)16-3-5-17(6-4-16)24-8-7-19(25)21-20(24)26/h3-6,15,18H,2,7-14H2,1H3,(H,21,25,26). The van der Waals surface area contributed by atoms with Gasteiger partial charge in [-0.2, -0.15) is 0 Å². The van der Waals surface area contributed by atoms with Crippen molar-refractivity contribution in [1.82, 2.24) is 10.2 Å². The van der Waals surface area contributed by atoms with Crippen molar-refractivity contribution >= 4 is 23.3 Å². The van der Waals surface area contributed by atoms with Gasteiger partial charge in [0.1, 0.15) is 0 Å². The molecular weight excluding hydrogens is 328 g/mol. The van der Waals surface area contributed by atoms with Gasteiger partial charge in [-0.05, 0) is 43.0 Å². The Kier molecular flexibility index (Phi) is 4.85. The Morgan fingerprint density at radius 3 is 2.23 bits per heavy atom. The number of anilines is 2. The van der Waals surface area contributed by atoms with E-state index in [1.165, 1.54) is 24.9 Å². The second-order valence-corrected chi connectivity index (χ2v) is 7.69. The average Bonchev–Trinajstić information content (AvgIpc) is 2.62. The average molecular weight is 356 g/mol. The van der Waals surface area contributed by atoms with Crippen LogP contribution in [0, 0.1) is 5.92 Å². The Labute approximate surface area is 155 Å². The third kappa shape index (κ3) is 3.43. The first kappa shape index (κ1) is 17.3. The van der Waals surface area contributed by atoms with E-state index in [1.54, 1.807) is 4.90 Å². The SMILES string of the molecule is CCC1CC(N2CCN(c3ccc(N4CCC(=O)NC4=O)cc3)CC2)C1. The summed E-state index contributed by atoms with van der Waals surface area (Å²) in [6.07, 6.45) is 4.44. The number of nitrogens with one attached hydrogen (secondary N) is 1. The summed E-state index contributed by atoms with van der Waals surface area (Å²) in [5.74, 6) is 0.755. The van der Waals surface area contributed by atoms with E-state index < -0.39 is 0 Å². The van der Waals surface area contributed by atoms with Crippen molar-refractivity contribution in [2.75, 3.05) is 42.5 Å². The fraction of sp³-hybridized carbons (Fsp3) is 0.600. The van der Waals surface area contributed by atoms with Gasteiger partial charge in [-0.25, -0.2) is 4.79 Å². The van der Waals surface area contributed by atoms with Gasteiger partial charge in [0.05, 0.1) is 0 Å². The van der Waals surface area contributed by atoms with Gasteiger partial charge in [0.25, 0.3) is 0 Å². The molecule has 1 aliphatic carbocycles. The minimum Gasteiger partial charge on any atom is -0.369 e. The van der Waals surface area contributed by atoms with Crippen LogP contribution in [0.2, 0.25) is 0 Å². The van der Waals surface area contributed by atoms with Gasteiger partial charge >= 0.3 is 6.03 Å². The van der Waals surface area contributed by atoms with E-state index in [9.17, 15) is 9.59 Å². The molecule has 0 bridgehead atoms. The van der Waals surface area contributed by atoms with Gasteiger partial charge in [-0.1, -0.05) is 13.3 Å². The van der Waals surface area contributed by atoms with Crippen molar-refractivity contribution < 1.29 is 9.59 Å². The molecule has 1 aromatic carbocycles. The topological polar surface area (TPSA) is 55.9 Å². The maximum absolute atomic E-state index is 11.9. The lowest BCUT2D eigenvalue weighted by atomic mass is 9.77. The third-order valence-electron chi connectivity index (χ3n) is 6.20. The van der Waals surface area contributed by atoms with Crippen LogP contribution in [-0.4, -0.2) is 55.6 Å². The van der Waals surface area contributed by atoms with E-state index in [1.807, 2.05) is 12.1 Å². The minimum atomic E-state index is -0.325. The molecule has 2 heterocycles. The Bertz CT molecular complexity index is 661. The maximum Gasteiger partial charge on any atom is 0.328 e. The van der Waals surface area contributed by atoms with Gasteiger partial charge in [0, 0.05) is 56.6 Å². The van der Waals surface area contributed by atoms with Crippen LogP contribution in [0.5, 0.6) is 0 Å². The number of urea groups is 1. The first-order valence-corrected chi connectivity index (χ1v) is 9.84. The van der Waals surface area contributed by atoms with Crippen molar-refractivity contribution in [3.05, 3.63) is 24.3 Å². The second-order valence-electron chi connectivity index (χ2n) is 7.69. The summed E-state index contributed by atoms with van der Waals surface area (Å²) in [4.78, 5) is 29.9. The van der Waals surface area contributed by atoms with Crippen LogP contribution in [0.15, 0.2) is 24.3 Å². The summed E-state index contributed by atoms with van der Waals surface area (Å²) >= 11 is 0. The van der Waals surface area contributed by atoms with Crippen LogP contribution in [0.4, 0.5) is 16.2 Å². The predicted molar refractivity (Wildman–Crippen MR) is 103 cm³/mol. The van der Waals surface area contributed by atoms with Gasteiger partial charge in [0.15, 0.2) is 0 Å². The molecular formula is C20H28N4O2. The predicted octanol–water partition coefficient (Wildman–Crippen LogP) is 2.44. The maximum atomic E-state index is 11.9. The summed E-state index contributed by atoms with van der Waals surface area (Å²) < 4.78 is 0. The summed E-state index contributed by atoms with van der Waals surface area (Å²) in [6, 6.07) is 8.62. The van der Waals surface area contributed by atoms with Crippen LogP contribution in [0.1, 0.15) is 32.6 Å². The monoisotopic (exact) mass is 356 g/mol. The van der Waals surface area contributed by atoms with Crippen LogP contribution in [0.3, 0.4) is 0 Å². The summed E-state index contributed by atoms with van der Waals surface area (Å²) in [5, 5.41) is 2.37. The molecule has 3 fully saturated rings. The van der Waals surface area contributed by atoms with E-state index in [0.717, 1.165) is 43.8 Å². The molecule has 26 heavy (non-hydrogen) atoms. The normalized spacial score (nSPS) is 27.3. The number of rotatable bonds is 4. The molecule has 3 amide bonds.